The highest BCUT2D eigenvalue weighted by molar-refractivity contribution is 7.92. The Labute approximate surface area is 211 Å². The number of hydrogen-bond donors (Lipinski definition) is 3. The van der Waals surface area contributed by atoms with E-state index in [-0.39, 0.29) is 47.3 Å². The molecule has 3 rings (SSSR count). The Hall–Kier alpha value is -2.86. The van der Waals surface area contributed by atoms with Crippen LogP contribution in [0.2, 0.25) is 0 Å². The highest BCUT2D eigenvalue weighted by atomic mass is 32.2. The SMILES string of the molecule is CCNC(=S)NS(=O)(=O)c1cc2c(cc1OCC)OCCC2CNC(=O)N1CC(C)=C(CC)C1=O. The van der Waals surface area contributed by atoms with Gasteiger partial charge < -0.3 is 20.1 Å². The summed E-state index contributed by atoms with van der Waals surface area (Å²) in [5.41, 5.74) is 2.19. The predicted molar refractivity (Wildman–Crippen MR) is 135 cm³/mol. The van der Waals surface area contributed by atoms with Crippen molar-refractivity contribution in [2.75, 3.05) is 32.8 Å². The number of rotatable bonds is 8. The van der Waals surface area contributed by atoms with Crippen LogP contribution in [0.5, 0.6) is 11.5 Å². The van der Waals surface area contributed by atoms with E-state index in [2.05, 4.69) is 15.4 Å². The van der Waals surface area contributed by atoms with Crippen molar-refractivity contribution in [3.05, 3.63) is 28.8 Å². The van der Waals surface area contributed by atoms with Crippen molar-refractivity contribution >= 4 is 39.3 Å². The summed E-state index contributed by atoms with van der Waals surface area (Å²) in [4.78, 5) is 26.4. The largest absolute Gasteiger partial charge is 0.493 e. The first kappa shape index (κ1) is 26.7. The van der Waals surface area contributed by atoms with E-state index in [0.717, 1.165) is 5.57 Å². The minimum absolute atomic E-state index is 0.0154. The number of carbonyl (C=O) groups is 2. The maximum absolute atomic E-state index is 13.1. The van der Waals surface area contributed by atoms with Crippen molar-refractivity contribution in [1.82, 2.24) is 20.3 Å². The quantitative estimate of drug-likeness (QED) is 0.443. The lowest BCUT2D eigenvalue weighted by Crippen LogP contribution is -2.43. The summed E-state index contributed by atoms with van der Waals surface area (Å²) < 4.78 is 39.9. The van der Waals surface area contributed by atoms with E-state index in [0.29, 0.717) is 42.9 Å². The van der Waals surface area contributed by atoms with Crippen LogP contribution in [-0.4, -0.2) is 63.2 Å². The molecule has 0 saturated heterocycles. The monoisotopic (exact) mass is 524 g/mol. The fourth-order valence-electron chi connectivity index (χ4n) is 4.20. The Balaban J connectivity index is 1.83. The van der Waals surface area contributed by atoms with Gasteiger partial charge in [0.05, 0.1) is 19.8 Å². The first-order valence-electron chi connectivity index (χ1n) is 11.6. The summed E-state index contributed by atoms with van der Waals surface area (Å²) in [6, 6.07) is 2.60. The van der Waals surface area contributed by atoms with Gasteiger partial charge in [-0.2, -0.15) is 0 Å². The Bertz CT molecular complexity index is 1150. The molecule has 1 aromatic carbocycles. The van der Waals surface area contributed by atoms with Gasteiger partial charge in [-0.15, -0.1) is 0 Å². The molecule has 2 aliphatic rings. The van der Waals surface area contributed by atoms with Crippen LogP contribution in [0.1, 0.15) is 52.0 Å². The molecular formula is C23H32N4O6S2. The van der Waals surface area contributed by atoms with Gasteiger partial charge >= 0.3 is 6.03 Å². The lowest BCUT2D eigenvalue weighted by Gasteiger charge is -2.28. The highest BCUT2D eigenvalue weighted by Gasteiger charge is 2.33. The second-order valence-electron chi connectivity index (χ2n) is 8.26. The Kier molecular flexibility index (Phi) is 8.60. The standard InChI is InChI=1S/C23H32N4O6S2/c1-5-16-14(4)13-27(21(16)28)23(29)25-12-15-8-9-33-18-11-19(32-7-3)20(10-17(15)18)35(30,31)26-22(34)24-6-2/h10-11,15H,5-9,12-13H2,1-4H3,(H,25,29)(H2,24,26,34). The number of urea groups is 1. The molecule has 0 radical (unpaired) electrons. The predicted octanol–water partition coefficient (Wildman–Crippen LogP) is 2.40. The summed E-state index contributed by atoms with van der Waals surface area (Å²) in [5.74, 6) is 0.159. The third-order valence-electron chi connectivity index (χ3n) is 5.91. The molecule has 192 valence electrons. The maximum atomic E-state index is 13.1. The molecule has 1 atom stereocenters. The third kappa shape index (κ3) is 5.87. The van der Waals surface area contributed by atoms with E-state index in [4.69, 9.17) is 21.7 Å². The van der Waals surface area contributed by atoms with Crippen molar-refractivity contribution in [2.45, 2.75) is 51.3 Å². The molecule has 3 N–H and O–H groups in total. The van der Waals surface area contributed by atoms with Crippen molar-refractivity contribution in [1.29, 1.82) is 0 Å². The topological polar surface area (TPSA) is 126 Å². The zero-order chi connectivity index (χ0) is 25.8. The number of imide groups is 1. The Morgan fingerprint density at radius 2 is 2.00 bits per heavy atom. The normalized spacial score (nSPS) is 17.5. The number of ether oxygens (including phenoxy) is 2. The first-order chi connectivity index (χ1) is 16.6. The lowest BCUT2D eigenvalue weighted by atomic mass is 9.93. The van der Waals surface area contributed by atoms with Gasteiger partial charge in [0.15, 0.2) is 5.11 Å². The molecule has 1 unspecified atom stereocenters. The number of nitrogens with zero attached hydrogens (tertiary/aromatic N) is 1. The number of nitrogens with one attached hydrogen (secondary N) is 3. The third-order valence-corrected chi connectivity index (χ3v) is 7.65. The zero-order valence-corrected chi connectivity index (χ0v) is 22.0. The molecule has 0 bridgehead atoms. The fourth-order valence-corrected chi connectivity index (χ4v) is 5.77. The Morgan fingerprint density at radius 1 is 1.26 bits per heavy atom. The van der Waals surface area contributed by atoms with E-state index in [1.54, 1.807) is 19.9 Å². The van der Waals surface area contributed by atoms with Crippen molar-refractivity contribution in [2.24, 2.45) is 0 Å². The molecule has 12 heteroatoms. The van der Waals surface area contributed by atoms with Crippen LogP contribution in [0.25, 0.3) is 0 Å². The number of carbonyl (C=O) groups excluding carboxylic acids is 2. The number of benzene rings is 1. The number of sulfonamides is 1. The van der Waals surface area contributed by atoms with Crippen LogP contribution in [0, 0.1) is 0 Å². The minimum atomic E-state index is -4.04. The molecule has 1 aromatic rings. The van der Waals surface area contributed by atoms with Gasteiger partial charge in [-0.05, 0) is 57.5 Å². The van der Waals surface area contributed by atoms with Gasteiger partial charge in [-0.3, -0.25) is 14.4 Å². The summed E-state index contributed by atoms with van der Waals surface area (Å²) in [7, 11) is -4.04. The average molecular weight is 525 g/mol. The Morgan fingerprint density at radius 3 is 2.63 bits per heavy atom. The maximum Gasteiger partial charge on any atom is 0.324 e. The molecule has 0 spiro atoms. The molecule has 3 amide bonds. The average Bonchev–Trinajstić information content (AvgIpc) is 3.09. The number of thiocarbonyl (C=S) groups is 1. The van der Waals surface area contributed by atoms with Crippen LogP contribution in [0.4, 0.5) is 4.79 Å². The van der Waals surface area contributed by atoms with Gasteiger partial charge in [-0.1, -0.05) is 6.92 Å². The second kappa shape index (κ2) is 11.3. The molecule has 2 aliphatic heterocycles. The molecule has 0 aliphatic carbocycles. The van der Waals surface area contributed by atoms with Crippen molar-refractivity contribution in [3.63, 3.8) is 0 Å². The molecule has 10 nitrogen and oxygen atoms in total. The molecule has 2 heterocycles. The summed E-state index contributed by atoms with van der Waals surface area (Å²) >= 11 is 5.06. The van der Waals surface area contributed by atoms with Gasteiger partial charge in [0.1, 0.15) is 16.4 Å². The van der Waals surface area contributed by atoms with Gasteiger partial charge in [-0.25, -0.2) is 13.2 Å². The number of fused-ring (bicyclic) bond motifs is 1. The number of hydrogen-bond acceptors (Lipinski definition) is 7. The zero-order valence-electron chi connectivity index (χ0n) is 20.4. The summed E-state index contributed by atoms with van der Waals surface area (Å²) in [5, 5.41) is 5.58. The first-order valence-corrected chi connectivity index (χ1v) is 13.5. The highest BCUT2D eigenvalue weighted by Crippen LogP contribution is 2.40. The van der Waals surface area contributed by atoms with E-state index in [1.165, 1.54) is 11.0 Å². The van der Waals surface area contributed by atoms with Crippen LogP contribution >= 0.6 is 12.2 Å². The second-order valence-corrected chi connectivity index (χ2v) is 10.3. The van der Waals surface area contributed by atoms with E-state index >= 15 is 0 Å². The molecule has 0 aromatic heterocycles. The molecule has 35 heavy (non-hydrogen) atoms. The van der Waals surface area contributed by atoms with Gasteiger partial charge in [0.2, 0.25) is 0 Å². The minimum Gasteiger partial charge on any atom is -0.493 e. The molecule has 0 fully saturated rings. The fraction of sp³-hybridized carbons (Fsp3) is 0.522. The summed E-state index contributed by atoms with van der Waals surface area (Å²) in [6.45, 7) is 8.92. The van der Waals surface area contributed by atoms with Gasteiger partial charge in [0.25, 0.3) is 15.9 Å². The number of amides is 3. The smallest absolute Gasteiger partial charge is 0.324 e. The van der Waals surface area contributed by atoms with Crippen LogP contribution < -0.4 is 24.8 Å². The lowest BCUT2D eigenvalue weighted by molar-refractivity contribution is -0.123. The van der Waals surface area contributed by atoms with Gasteiger partial charge in [0, 0.05) is 36.2 Å². The van der Waals surface area contributed by atoms with E-state index < -0.39 is 16.1 Å². The summed E-state index contributed by atoms with van der Waals surface area (Å²) in [6.07, 6.45) is 1.14. The van der Waals surface area contributed by atoms with Crippen molar-refractivity contribution < 1.29 is 27.5 Å². The molecular weight excluding hydrogens is 492 g/mol. The van der Waals surface area contributed by atoms with E-state index in [9.17, 15) is 18.0 Å². The molecule has 0 saturated carbocycles. The van der Waals surface area contributed by atoms with E-state index in [1.807, 2.05) is 13.8 Å². The van der Waals surface area contributed by atoms with Crippen molar-refractivity contribution in [3.8, 4) is 11.5 Å². The van der Waals surface area contributed by atoms with Crippen LogP contribution in [-0.2, 0) is 14.8 Å². The van der Waals surface area contributed by atoms with Crippen LogP contribution in [0.3, 0.4) is 0 Å². The van der Waals surface area contributed by atoms with Crippen LogP contribution in [0.15, 0.2) is 28.2 Å².